The Hall–Kier alpha value is -3.80. The van der Waals surface area contributed by atoms with Gasteiger partial charge in [-0.15, -0.1) is 0 Å². The molecule has 1 saturated carbocycles. The van der Waals surface area contributed by atoms with Crippen molar-refractivity contribution in [2.45, 2.75) is 52.0 Å². The van der Waals surface area contributed by atoms with E-state index in [9.17, 15) is 9.59 Å². The van der Waals surface area contributed by atoms with E-state index in [1.54, 1.807) is 6.20 Å². The van der Waals surface area contributed by atoms with Gasteiger partial charge in [-0.2, -0.15) is 0 Å². The number of carbonyl (C=O) groups excluding carboxylic acids is 2. The molecule has 1 aliphatic rings. The van der Waals surface area contributed by atoms with Crippen LogP contribution >= 0.6 is 0 Å². The van der Waals surface area contributed by atoms with Crippen LogP contribution in [0, 0.1) is 19.8 Å². The number of Topliss-reactive ketones (excluding diaryl/α,β-unsaturated/α-hetero) is 1. The summed E-state index contributed by atoms with van der Waals surface area (Å²) in [5.74, 6) is 1.29. The number of fused-ring (bicyclic) bond motifs is 1. The summed E-state index contributed by atoms with van der Waals surface area (Å²) in [5.41, 5.74) is 4.74. The van der Waals surface area contributed by atoms with Crippen molar-refractivity contribution in [3.05, 3.63) is 88.9 Å². The molecule has 4 aromatic rings. The lowest BCUT2D eigenvalue weighted by Gasteiger charge is -2.29. The Bertz CT molecular complexity index is 1380. The van der Waals surface area contributed by atoms with E-state index in [0.29, 0.717) is 34.9 Å². The minimum Gasteiger partial charge on any atom is -0.367 e. The summed E-state index contributed by atoms with van der Waals surface area (Å²) in [7, 11) is 0. The van der Waals surface area contributed by atoms with Gasteiger partial charge in [0.05, 0.1) is 10.9 Å². The zero-order valence-corrected chi connectivity index (χ0v) is 20.2. The number of aryl methyl sites for hydroxylation is 2. The predicted octanol–water partition coefficient (Wildman–Crippen LogP) is 6.05. The number of aromatic nitrogens is 3. The molecule has 2 heterocycles. The van der Waals surface area contributed by atoms with Crippen LogP contribution in [-0.4, -0.2) is 32.6 Å². The number of carbonyl (C=O) groups is 2. The molecule has 0 atom stereocenters. The zero-order chi connectivity index (χ0) is 24.4. The summed E-state index contributed by atoms with van der Waals surface area (Å²) in [6.07, 6.45) is 7.76. The molecule has 178 valence electrons. The van der Waals surface area contributed by atoms with Crippen molar-refractivity contribution < 1.29 is 9.59 Å². The fourth-order valence-electron chi connectivity index (χ4n) is 5.19. The number of nitrogens with one attached hydrogen (secondary N) is 2. The van der Waals surface area contributed by atoms with Crippen molar-refractivity contribution in [1.82, 2.24) is 15.0 Å². The molecular weight excluding hydrogens is 436 g/mol. The van der Waals surface area contributed by atoms with Gasteiger partial charge in [0.1, 0.15) is 17.8 Å². The third kappa shape index (κ3) is 4.74. The van der Waals surface area contributed by atoms with E-state index in [4.69, 9.17) is 0 Å². The Morgan fingerprint density at radius 2 is 1.54 bits per heavy atom. The molecule has 0 unspecified atom stereocenters. The smallest absolute Gasteiger partial charge is 0.195 e. The Labute approximate surface area is 205 Å². The average molecular weight is 467 g/mol. The number of ketones is 2. The molecule has 5 rings (SSSR count). The Morgan fingerprint density at radius 3 is 2.23 bits per heavy atom. The molecule has 1 fully saturated rings. The minimum absolute atomic E-state index is 0.0365. The highest BCUT2D eigenvalue weighted by Gasteiger charge is 2.26. The number of rotatable bonds is 7. The maximum Gasteiger partial charge on any atom is 0.195 e. The van der Waals surface area contributed by atoms with Crippen LogP contribution in [0.5, 0.6) is 0 Å². The van der Waals surface area contributed by atoms with Crippen LogP contribution in [0.2, 0.25) is 0 Å². The lowest BCUT2D eigenvalue weighted by Crippen LogP contribution is -2.27. The number of nitrogens with zero attached hydrogens (tertiary/aromatic N) is 2. The first-order valence-corrected chi connectivity index (χ1v) is 12.3. The van der Waals surface area contributed by atoms with Gasteiger partial charge in [0.15, 0.2) is 11.6 Å². The van der Waals surface area contributed by atoms with Crippen molar-refractivity contribution in [3.8, 4) is 0 Å². The van der Waals surface area contributed by atoms with Gasteiger partial charge in [-0.3, -0.25) is 9.59 Å². The first kappa shape index (κ1) is 23.0. The molecule has 2 aromatic carbocycles. The van der Waals surface area contributed by atoms with Crippen LogP contribution in [0.15, 0.2) is 61.1 Å². The van der Waals surface area contributed by atoms with E-state index in [2.05, 4.69) is 20.3 Å². The molecule has 0 amide bonds. The third-order valence-corrected chi connectivity index (χ3v) is 7.21. The quantitative estimate of drug-likeness (QED) is 0.324. The summed E-state index contributed by atoms with van der Waals surface area (Å²) < 4.78 is 0. The van der Waals surface area contributed by atoms with Crippen LogP contribution in [-0.2, 0) is 0 Å². The van der Waals surface area contributed by atoms with Crippen LogP contribution in [0.4, 0.5) is 5.82 Å². The fourth-order valence-corrected chi connectivity index (χ4v) is 5.19. The van der Waals surface area contributed by atoms with Gasteiger partial charge in [-0.1, -0.05) is 48.5 Å². The molecule has 0 saturated heterocycles. The van der Waals surface area contributed by atoms with Gasteiger partial charge < -0.3 is 10.3 Å². The van der Waals surface area contributed by atoms with Crippen LogP contribution < -0.4 is 5.32 Å². The van der Waals surface area contributed by atoms with Gasteiger partial charge in [-0.25, -0.2) is 9.97 Å². The summed E-state index contributed by atoms with van der Waals surface area (Å²) in [5, 5.41) is 4.31. The number of anilines is 1. The second-order valence-corrected chi connectivity index (χ2v) is 9.60. The van der Waals surface area contributed by atoms with Crippen LogP contribution in [0.1, 0.15) is 69.5 Å². The van der Waals surface area contributed by atoms with E-state index in [-0.39, 0.29) is 17.6 Å². The highest BCUT2D eigenvalue weighted by molar-refractivity contribution is 6.18. The van der Waals surface area contributed by atoms with E-state index >= 15 is 0 Å². The van der Waals surface area contributed by atoms with E-state index in [1.807, 2.05) is 62.4 Å². The third-order valence-electron chi connectivity index (χ3n) is 7.21. The Kier molecular flexibility index (Phi) is 6.45. The number of hydrogen-bond acceptors (Lipinski definition) is 5. The second kappa shape index (κ2) is 9.82. The van der Waals surface area contributed by atoms with E-state index in [0.717, 1.165) is 47.8 Å². The normalized spacial score (nSPS) is 17.9. The molecule has 0 aliphatic heterocycles. The van der Waals surface area contributed by atoms with Gasteiger partial charge in [-0.05, 0) is 56.6 Å². The molecular formula is C29H30N4O2. The minimum atomic E-state index is -0.0365. The number of H-pyrrole nitrogens is 1. The highest BCUT2D eigenvalue weighted by Crippen LogP contribution is 2.32. The summed E-state index contributed by atoms with van der Waals surface area (Å²) in [4.78, 5) is 38.1. The number of aromatic amines is 1. The van der Waals surface area contributed by atoms with Crippen molar-refractivity contribution in [1.29, 1.82) is 0 Å². The molecule has 0 radical (unpaired) electrons. The fraction of sp³-hybridized carbons (Fsp3) is 0.310. The first-order chi connectivity index (χ1) is 17.0. The molecule has 2 aromatic heterocycles. The standard InChI is InChI=1S/C29H30N4O2/c1-18-7-3-5-9-22(18)25(34)15-20-11-13-21(14-12-20)33-29-26-24(16-30-28(26)31-17-32-29)27(35)23-10-6-4-8-19(23)2/h3-10,16-17,20-21H,11-15H2,1-2H3,(H2,30,31,32,33). The Balaban J connectivity index is 1.28. The monoisotopic (exact) mass is 466 g/mol. The molecule has 0 bridgehead atoms. The van der Waals surface area contributed by atoms with Gasteiger partial charge in [0.2, 0.25) is 0 Å². The summed E-state index contributed by atoms with van der Waals surface area (Å²) in [6, 6.07) is 15.7. The molecule has 35 heavy (non-hydrogen) atoms. The highest BCUT2D eigenvalue weighted by atomic mass is 16.1. The van der Waals surface area contributed by atoms with Gasteiger partial charge >= 0.3 is 0 Å². The lowest BCUT2D eigenvalue weighted by atomic mass is 9.82. The van der Waals surface area contributed by atoms with Crippen LogP contribution in [0.3, 0.4) is 0 Å². The number of benzene rings is 2. The molecule has 2 N–H and O–H groups in total. The van der Waals surface area contributed by atoms with E-state index in [1.165, 1.54) is 6.33 Å². The van der Waals surface area contributed by atoms with E-state index < -0.39 is 0 Å². The maximum absolute atomic E-state index is 13.3. The molecule has 0 spiro atoms. The topological polar surface area (TPSA) is 87.7 Å². The SMILES string of the molecule is Cc1ccccc1C(=O)CC1CCC(Nc2ncnc3[nH]cc(C(=O)c4ccccc4C)c23)CC1. The van der Waals surface area contributed by atoms with Crippen molar-refractivity contribution in [2.24, 2.45) is 5.92 Å². The molecule has 6 nitrogen and oxygen atoms in total. The summed E-state index contributed by atoms with van der Waals surface area (Å²) in [6.45, 7) is 3.94. The van der Waals surface area contributed by atoms with Crippen LogP contribution in [0.25, 0.3) is 11.0 Å². The second-order valence-electron chi connectivity index (χ2n) is 9.60. The summed E-state index contributed by atoms with van der Waals surface area (Å²) >= 11 is 0. The lowest BCUT2D eigenvalue weighted by molar-refractivity contribution is 0.0947. The number of hydrogen-bond donors (Lipinski definition) is 2. The largest absolute Gasteiger partial charge is 0.367 e. The Morgan fingerprint density at radius 1 is 0.886 bits per heavy atom. The predicted molar refractivity (Wildman–Crippen MR) is 138 cm³/mol. The van der Waals surface area contributed by atoms with Crippen molar-refractivity contribution in [3.63, 3.8) is 0 Å². The van der Waals surface area contributed by atoms with Gasteiger partial charge in [0.25, 0.3) is 0 Å². The maximum atomic E-state index is 13.3. The molecule has 6 heteroatoms. The molecule has 1 aliphatic carbocycles. The van der Waals surface area contributed by atoms with Gasteiger partial charge in [0, 0.05) is 29.8 Å². The zero-order valence-electron chi connectivity index (χ0n) is 20.2. The van der Waals surface area contributed by atoms with Crippen molar-refractivity contribution in [2.75, 3.05) is 5.32 Å². The average Bonchev–Trinajstić information content (AvgIpc) is 3.31. The van der Waals surface area contributed by atoms with Crippen molar-refractivity contribution >= 4 is 28.4 Å². The first-order valence-electron chi connectivity index (χ1n) is 12.3.